The molecule has 31 heavy (non-hydrogen) atoms. The predicted molar refractivity (Wildman–Crippen MR) is 112 cm³/mol. The maximum absolute atomic E-state index is 13.2. The second-order valence-electron chi connectivity index (χ2n) is 6.50. The number of halogens is 1. The van der Waals surface area contributed by atoms with Crippen LogP contribution in [0.2, 0.25) is 0 Å². The zero-order valence-corrected chi connectivity index (χ0v) is 17.0. The fourth-order valence-electron chi connectivity index (χ4n) is 2.76. The molecule has 3 rings (SSSR count). The van der Waals surface area contributed by atoms with Gasteiger partial charge < -0.3 is 5.32 Å². The van der Waals surface area contributed by atoms with E-state index in [0.29, 0.717) is 5.56 Å². The van der Waals surface area contributed by atoms with Gasteiger partial charge in [-0.25, -0.2) is 12.8 Å². The topological polar surface area (TPSA) is 110 Å². The summed E-state index contributed by atoms with van der Waals surface area (Å²) in [5.41, 5.74) is 0.538. The van der Waals surface area contributed by atoms with Crippen LogP contribution >= 0.6 is 0 Å². The predicted octanol–water partition coefficient (Wildman–Crippen LogP) is 3.25. The van der Waals surface area contributed by atoms with Crippen molar-refractivity contribution >= 4 is 27.3 Å². The molecule has 0 aliphatic rings. The van der Waals surface area contributed by atoms with Gasteiger partial charge in [0.1, 0.15) is 12.4 Å². The summed E-state index contributed by atoms with van der Waals surface area (Å²) < 4.78 is 40.2. The summed E-state index contributed by atoms with van der Waals surface area (Å²) in [4.78, 5) is 22.8. The molecule has 0 bridgehead atoms. The number of nitrogens with one attached hydrogen (secondary N) is 1. The Kier molecular flexibility index (Phi) is 6.61. The molecule has 1 amide bonds. The summed E-state index contributed by atoms with van der Waals surface area (Å²) in [6.45, 7) is -0.463. The molecule has 0 aromatic heterocycles. The van der Waals surface area contributed by atoms with Gasteiger partial charge in [-0.3, -0.25) is 19.2 Å². The molecule has 10 heteroatoms. The van der Waals surface area contributed by atoms with E-state index in [1.165, 1.54) is 60.7 Å². The van der Waals surface area contributed by atoms with Crippen LogP contribution in [0.4, 0.5) is 15.8 Å². The molecule has 160 valence electrons. The molecule has 0 spiro atoms. The molecule has 0 aliphatic carbocycles. The molecule has 0 radical (unpaired) electrons. The zero-order valence-electron chi connectivity index (χ0n) is 16.1. The lowest BCUT2D eigenvalue weighted by atomic mass is 10.2. The minimum absolute atomic E-state index is 0.0281. The summed E-state index contributed by atoms with van der Waals surface area (Å²) in [6, 6.07) is 17.9. The summed E-state index contributed by atoms with van der Waals surface area (Å²) in [5, 5.41) is 13.5. The molecule has 0 unspecified atom stereocenters. The largest absolute Gasteiger partial charge is 0.350 e. The van der Waals surface area contributed by atoms with Crippen molar-refractivity contribution in [3.63, 3.8) is 0 Å². The first-order chi connectivity index (χ1) is 14.8. The third-order valence-electron chi connectivity index (χ3n) is 4.37. The Morgan fingerprint density at radius 1 is 0.968 bits per heavy atom. The number of nitrogens with zero attached hydrogens (tertiary/aromatic N) is 2. The van der Waals surface area contributed by atoms with Crippen LogP contribution in [0.5, 0.6) is 0 Å². The standard InChI is InChI=1S/C21H18FN3O5S/c22-17-8-6-16(7-9-17)14-23-21(26)15-24(18-10-12-19(13-11-18)25(27)28)31(29,30)20-4-2-1-3-5-20/h1-13H,14-15H2,(H,23,26). The van der Waals surface area contributed by atoms with Crippen LogP contribution in [0.15, 0.2) is 83.8 Å². The number of nitro benzene ring substituents is 1. The van der Waals surface area contributed by atoms with Crippen LogP contribution in [0, 0.1) is 15.9 Å². The van der Waals surface area contributed by atoms with E-state index in [1.807, 2.05) is 0 Å². The molecule has 0 heterocycles. The summed E-state index contributed by atoms with van der Waals surface area (Å²) >= 11 is 0. The summed E-state index contributed by atoms with van der Waals surface area (Å²) in [6.07, 6.45) is 0. The molecule has 0 saturated heterocycles. The van der Waals surface area contributed by atoms with Gasteiger partial charge in [-0.2, -0.15) is 0 Å². The lowest BCUT2D eigenvalue weighted by molar-refractivity contribution is -0.384. The molecule has 0 fully saturated rings. The number of amides is 1. The van der Waals surface area contributed by atoms with Crippen molar-refractivity contribution in [1.82, 2.24) is 5.32 Å². The SMILES string of the molecule is O=C(CN(c1ccc([N+](=O)[O-])cc1)S(=O)(=O)c1ccccc1)NCc1ccc(F)cc1. The number of carbonyl (C=O) groups is 1. The highest BCUT2D eigenvalue weighted by Gasteiger charge is 2.27. The van der Waals surface area contributed by atoms with E-state index >= 15 is 0 Å². The maximum Gasteiger partial charge on any atom is 0.269 e. The van der Waals surface area contributed by atoms with Crippen molar-refractivity contribution in [2.75, 3.05) is 10.8 Å². The first-order valence-electron chi connectivity index (χ1n) is 9.11. The van der Waals surface area contributed by atoms with E-state index < -0.39 is 33.2 Å². The fraction of sp³-hybridized carbons (Fsp3) is 0.0952. The summed E-state index contributed by atoms with van der Waals surface area (Å²) in [5.74, 6) is -1.00. The minimum atomic E-state index is -4.12. The smallest absolute Gasteiger partial charge is 0.269 e. The monoisotopic (exact) mass is 443 g/mol. The van der Waals surface area contributed by atoms with E-state index in [2.05, 4.69) is 5.32 Å². The van der Waals surface area contributed by atoms with Crippen molar-refractivity contribution in [1.29, 1.82) is 0 Å². The molecular formula is C21H18FN3O5S. The molecule has 1 N–H and O–H groups in total. The number of carbonyl (C=O) groups excluding carboxylic acids is 1. The third kappa shape index (κ3) is 5.43. The highest BCUT2D eigenvalue weighted by molar-refractivity contribution is 7.92. The number of anilines is 1. The van der Waals surface area contributed by atoms with Crippen molar-refractivity contribution < 1.29 is 22.5 Å². The number of hydrogen-bond donors (Lipinski definition) is 1. The van der Waals surface area contributed by atoms with Crippen molar-refractivity contribution in [2.24, 2.45) is 0 Å². The maximum atomic E-state index is 13.2. The molecule has 3 aromatic carbocycles. The fourth-order valence-corrected chi connectivity index (χ4v) is 4.21. The number of non-ortho nitro benzene ring substituents is 1. The number of hydrogen-bond acceptors (Lipinski definition) is 5. The minimum Gasteiger partial charge on any atom is -0.350 e. The molecule has 8 nitrogen and oxygen atoms in total. The molecule has 0 atom stereocenters. The van der Waals surface area contributed by atoms with Gasteiger partial charge in [0.2, 0.25) is 5.91 Å². The van der Waals surface area contributed by atoms with Crippen LogP contribution in [-0.2, 0) is 21.4 Å². The Morgan fingerprint density at radius 3 is 2.16 bits per heavy atom. The van der Waals surface area contributed by atoms with E-state index in [1.54, 1.807) is 18.2 Å². The third-order valence-corrected chi connectivity index (χ3v) is 6.16. The van der Waals surface area contributed by atoms with Gasteiger partial charge in [-0.05, 0) is 42.0 Å². The number of sulfonamides is 1. The molecular weight excluding hydrogens is 425 g/mol. The van der Waals surface area contributed by atoms with E-state index in [9.17, 15) is 27.7 Å². The van der Waals surface area contributed by atoms with Gasteiger partial charge in [0.15, 0.2) is 0 Å². The van der Waals surface area contributed by atoms with Gasteiger partial charge in [0.05, 0.1) is 15.5 Å². The van der Waals surface area contributed by atoms with E-state index in [-0.39, 0.29) is 22.8 Å². The average molecular weight is 443 g/mol. The number of nitro groups is 1. The van der Waals surface area contributed by atoms with Gasteiger partial charge >= 0.3 is 0 Å². The quantitative estimate of drug-likeness (QED) is 0.425. The summed E-state index contributed by atoms with van der Waals surface area (Å²) in [7, 11) is -4.12. The van der Waals surface area contributed by atoms with Crippen LogP contribution < -0.4 is 9.62 Å². The Balaban J connectivity index is 1.85. The second-order valence-corrected chi connectivity index (χ2v) is 8.36. The normalized spacial score (nSPS) is 11.0. The molecule has 0 saturated carbocycles. The Hall–Kier alpha value is -3.79. The van der Waals surface area contributed by atoms with Gasteiger partial charge in [-0.15, -0.1) is 0 Å². The van der Waals surface area contributed by atoms with Crippen molar-refractivity contribution in [3.05, 3.63) is 100 Å². The second kappa shape index (κ2) is 9.35. The molecule has 3 aromatic rings. The first-order valence-corrected chi connectivity index (χ1v) is 10.5. The zero-order chi connectivity index (χ0) is 22.4. The van der Waals surface area contributed by atoms with Gasteiger partial charge in [0, 0.05) is 18.7 Å². The van der Waals surface area contributed by atoms with Crippen molar-refractivity contribution in [3.8, 4) is 0 Å². The highest BCUT2D eigenvalue weighted by atomic mass is 32.2. The van der Waals surface area contributed by atoms with Crippen LogP contribution in [-0.4, -0.2) is 25.8 Å². The Morgan fingerprint density at radius 2 is 1.58 bits per heavy atom. The van der Waals surface area contributed by atoms with Crippen molar-refractivity contribution in [2.45, 2.75) is 11.4 Å². The van der Waals surface area contributed by atoms with Gasteiger partial charge in [0.25, 0.3) is 15.7 Å². The number of rotatable bonds is 8. The van der Waals surface area contributed by atoms with Crippen LogP contribution in [0.25, 0.3) is 0 Å². The molecule has 0 aliphatic heterocycles. The Labute approximate surface area is 178 Å². The highest BCUT2D eigenvalue weighted by Crippen LogP contribution is 2.25. The lowest BCUT2D eigenvalue weighted by Gasteiger charge is -2.24. The van der Waals surface area contributed by atoms with Gasteiger partial charge in [-0.1, -0.05) is 30.3 Å². The lowest BCUT2D eigenvalue weighted by Crippen LogP contribution is -2.40. The first kappa shape index (κ1) is 21.9. The van der Waals surface area contributed by atoms with Crippen LogP contribution in [0.1, 0.15) is 5.56 Å². The number of benzene rings is 3. The average Bonchev–Trinajstić information content (AvgIpc) is 2.77. The Bertz CT molecular complexity index is 1170. The van der Waals surface area contributed by atoms with E-state index in [4.69, 9.17) is 0 Å². The van der Waals surface area contributed by atoms with E-state index in [0.717, 1.165) is 4.31 Å². The van der Waals surface area contributed by atoms with Crippen LogP contribution in [0.3, 0.4) is 0 Å².